The Kier molecular flexibility index (Phi) is 9.84. The SMILES string of the molecule is [2H]C(C)(C)c1cc(-c2[c-]ccc3c2sc2ccccc23)ncc1F.[2H]C(C)(C)c1cc(-c2[c-]cccc2)nc[c]1[Ge]([CH3])([CH3])[CH3].[Ir]. The molecule has 0 aliphatic rings. The average Bonchev–Trinajstić information content (AvgIpc) is 3.35. The third-order valence-electron chi connectivity index (χ3n) is 7.22. The summed E-state index contributed by atoms with van der Waals surface area (Å²) in [5, 5.41) is 2.36. The summed E-state index contributed by atoms with van der Waals surface area (Å²) in [6, 6.07) is 30.3. The van der Waals surface area contributed by atoms with Crippen LogP contribution in [0.25, 0.3) is 42.7 Å². The molecule has 0 saturated carbocycles. The molecular formula is C37H37FGeIrN2S-2. The van der Waals surface area contributed by atoms with Gasteiger partial charge in [0.2, 0.25) is 0 Å². The van der Waals surface area contributed by atoms with Gasteiger partial charge in [0.1, 0.15) is 5.82 Å². The summed E-state index contributed by atoms with van der Waals surface area (Å²) in [5.74, 6) is 4.99. The molecule has 223 valence electrons. The molecule has 0 bridgehead atoms. The summed E-state index contributed by atoms with van der Waals surface area (Å²) in [6.07, 6.45) is 3.21. The molecule has 0 atom stereocenters. The topological polar surface area (TPSA) is 25.8 Å². The van der Waals surface area contributed by atoms with Crippen LogP contribution in [-0.2, 0) is 20.1 Å². The van der Waals surface area contributed by atoms with Gasteiger partial charge in [-0.1, -0.05) is 43.5 Å². The summed E-state index contributed by atoms with van der Waals surface area (Å²) < 4.78 is 34.3. The molecule has 0 unspecified atom stereocenters. The zero-order valence-electron chi connectivity index (χ0n) is 27.6. The van der Waals surface area contributed by atoms with Gasteiger partial charge in [-0.05, 0) is 33.3 Å². The van der Waals surface area contributed by atoms with Crippen LogP contribution in [0.15, 0.2) is 85.2 Å². The fraction of sp³-hybridized carbons (Fsp3) is 0.243. The quantitative estimate of drug-likeness (QED) is 0.128. The van der Waals surface area contributed by atoms with Gasteiger partial charge >= 0.3 is 120 Å². The normalized spacial score (nSPS) is 12.7. The first-order valence-corrected chi connectivity index (χ1v) is 22.3. The Morgan fingerprint density at radius 2 is 1.47 bits per heavy atom. The van der Waals surface area contributed by atoms with Crippen LogP contribution in [0, 0.1) is 17.9 Å². The zero-order chi connectivity index (χ0) is 31.9. The van der Waals surface area contributed by atoms with Crippen LogP contribution < -0.4 is 4.40 Å². The number of nitrogens with zero attached hydrogens (tertiary/aromatic N) is 2. The minimum Gasteiger partial charge on any atom is 0 e. The van der Waals surface area contributed by atoms with Gasteiger partial charge < -0.3 is 4.98 Å². The van der Waals surface area contributed by atoms with Crippen molar-refractivity contribution < 1.29 is 27.2 Å². The number of fused-ring (bicyclic) bond motifs is 3. The molecular weight excluding hydrogens is 788 g/mol. The van der Waals surface area contributed by atoms with Gasteiger partial charge in [0.25, 0.3) is 0 Å². The van der Waals surface area contributed by atoms with Crippen LogP contribution in [0.2, 0.25) is 17.3 Å². The molecule has 0 spiro atoms. The third-order valence-corrected chi connectivity index (χ3v) is 12.7. The van der Waals surface area contributed by atoms with Crippen molar-refractivity contribution in [1.29, 1.82) is 0 Å². The summed E-state index contributed by atoms with van der Waals surface area (Å²) >= 11 is -0.337. The van der Waals surface area contributed by atoms with Crippen molar-refractivity contribution in [3.8, 4) is 22.5 Å². The molecule has 0 saturated heterocycles. The molecule has 43 heavy (non-hydrogen) atoms. The first kappa shape index (κ1) is 30.3. The van der Waals surface area contributed by atoms with E-state index in [9.17, 15) is 4.39 Å². The van der Waals surface area contributed by atoms with Gasteiger partial charge in [-0.3, -0.25) is 0 Å². The number of aromatic nitrogens is 2. The van der Waals surface area contributed by atoms with Crippen molar-refractivity contribution in [1.82, 2.24) is 9.97 Å². The van der Waals surface area contributed by atoms with E-state index in [0.29, 0.717) is 11.3 Å². The zero-order valence-corrected chi connectivity index (χ0v) is 30.9. The van der Waals surface area contributed by atoms with Gasteiger partial charge in [-0.25, -0.2) is 4.39 Å². The van der Waals surface area contributed by atoms with Crippen molar-refractivity contribution in [3.05, 3.63) is 114 Å². The van der Waals surface area contributed by atoms with E-state index >= 15 is 0 Å². The first-order valence-electron chi connectivity index (χ1n) is 15.1. The smallest absolute Gasteiger partial charge is 0 e. The fourth-order valence-electron chi connectivity index (χ4n) is 5.01. The second-order valence-electron chi connectivity index (χ2n) is 11.9. The Labute approximate surface area is 278 Å². The minimum absolute atomic E-state index is 0. The Balaban J connectivity index is 0.000000204. The molecule has 0 amide bonds. The van der Waals surface area contributed by atoms with E-state index in [-0.39, 0.29) is 20.1 Å². The Morgan fingerprint density at radius 1 is 0.791 bits per heavy atom. The third kappa shape index (κ3) is 7.34. The molecule has 0 N–H and O–H groups in total. The van der Waals surface area contributed by atoms with Gasteiger partial charge in [0, 0.05) is 26.2 Å². The number of hydrogen-bond donors (Lipinski definition) is 0. The molecule has 0 fully saturated rings. The molecule has 3 aromatic carbocycles. The maximum Gasteiger partial charge on any atom is 0 e. The van der Waals surface area contributed by atoms with Crippen molar-refractivity contribution in [2.24, 2.45) is 0 Å². The van der Waals surface area contributed by atoms with Crippen LogP contribution >= 0.6 is 11.3 Å². The van der Waals surface area contributed by atoms with Gasteiger partial charge in [-0.2, -0.15) is 11.3 Å². The summed E-state index contributed by atoms with van der Waals surface area (Å²) in [5.41, 5.74) is 4.89. The number of halogens is 1. The van der Waals surface area contributed by atoms with Crippen LogP contribution in [0.5, 0.6) is 0 Å². The Morgan fingerprint density at radius 3 is 2.14 bits per heavy atom. The molecule has 3 heterocycles. The number of hydrogen-bond acceptors (Lipinski definition) is 3. The Bertz CT molecular complexity index is 1940. The maximum atomic E-state index is 14.1. The fourth-order valence-corrected chi connectivity index (χ4v) is 9.53. The van der Waals surface area contributed by atoms with Crippen LogP contribution in [0.1, 0.15) is 53.4 Å². The maximum absolute atomic E-state index is 14.1. The van der Waals surface area contributed by atoms with Crippen molar-refractivity contribution in [2.75, 3.05) is 0 Å². The van der Waals surface area contributed by atoms with E-state index in [1.807, 2.05) is 62.5 Å². The monoisotopic (exact) mass is 829 g/mol. The molecule has 6 aromatic rings. The van der Waals surface area contributed by atoms with Crippen LogP contribution in [0.3, 0.4) is 0 Å². The largest absolute Gasteiger partial charge is 0 e. The van der Waals surface area contributed by atoms with Gasteiger partial charge in [-0.15, -0.1) is 23.8 Å². The van der Waals surface area contributed by atoms with Crippen molar-refractivity contribution >= 4 is 49.2 Å². The van der Waals surface area contributed by atoms with Crippen LogP contribution in [0.4, 0.5) is 4.39 Å². The van der Waals surface area contributed by atoms with E-state index in [1.54, 1.807) is 31.3 Å². The molecule has 6 heteroatoms. The number of benzene rings is 3. The van der Waals surface area contributed by atoms with E-state index in [2.05, 4.69) is 63.6 Å². The summed E-state index contributed by atoms with van der Waals surface area (Å²) in [6.45, 7) is 7.27. The summed E-state index contributed by atoms with van der Waals surface area (Å²) in [4.78, 5) is 8.88. The summed E-state index contributed by atoms with van der Waals surface area (Å²) in [7, 11) is 0. The predicted octanol–water partition coefficient (Wildman–Crippen LogP) is 10.4. The first-order chi connectivity index (χ1) is 20.6. The minimum atomic E-state index is -2.03. The molecule has 0 aliphatic carbocycles. The molecule has 1 radical (unpaired) electrons. The second kappa shape index (κ2) is 13.9. The predicted molar refractivity (Wildman–Crippen MR) is 181 cm³/mol. The van der Waals surface area contributed by atoms with E-state index in [4.69, 9.17) is 2.74 Å². The van der Waals surface area contributed by atoms with Crippen molar-refractivity contribution in [2.45, 2.75) is 56.8 Å². The van der Waals surface area contributed by atoms with Crippen molar-refractivity contribution in [3.63, 3.8) is 0 Å². The number of pyridine rings is 2. The van der Waals surface area contributed by atoms with Crippen LogP contribution in [-0.4, -0.2) is 23.2 Å². The molecule has 6 rings (SSSR count). The number of thiophene rings is 1. The average molecular weight is 828 g/mol. The van der Waals surface area contributed by atoms with E-state index in [1.165, 1.54) is 20.7 Å². The van der Waals surface area contributed by atoms with E-state index < -0.39 is 30.9 Å². The number of rotatable bonds is 5. The van der Waals surface area contributed by atoms with E-state index in [0.717, 1.165) is 32.5 Å². The molecule has 2 nitrogen and oxygen atoms in total. The molecule has 3 aromatic heterocycles. The standard InChI is InChI=1S/C20H15FNS.C17H22GeN.Ir/c1-12(2)16-10-18(22-11-17(16)21)15-8-5-7-14-13-6-3-4-9-19(13)23-20(14)15;1-13(2)15-11-17(14-9-7-6-8-10-14)19-12-16(15)18(3,4)5;/h3-7,9-12H,1-2H3;6-9,11-13H,1-5H3;/q2*-1;/i12D;13D;. The second-order valence-corrected chi connectivity index (χ2v) is 23.5. The Hall–Kier alpha value is -2.70. The van der Waals surface area contributed by atoms with Gasteiger partial charge in [0.05, 0.1) is 6.20 Å². The van der Waals surface area contributed by atoms with Gasteiger partial charge in [0.15, 0.2) is 0 Å². The molecule has 0 aliphatic heterocycles.